The van der Waals surface area contributed by atoms with Gasteiger partial charge in [0.15, 0.2) is 11.3 Å². The summed E-state index contributed by atoms with van der Waals surface area (Å²) in [4.78, 5) is 5.84. The average Bonchev–Trinajstić information content (AvgIpc) is 3.04. The Balaban J connectivity index is 1.78. The van der Waals surface area contributed by atoms with E-state index in [1.54, 1.807) is 19.0 Å². The van der Waals surface area contributed by atoms with E-state index in [4.69, 9.17) is 9.47 Å². The maximum atomic E-state index is 13.7. The Morgan fingerprint density at radius 3 is 2.54 bits per heavy atom. The van der Waals surface area contributed by atoms with Crippen molar-refractivity contribution in [3.63, 3.8) is 0 Å². The molecule has 6 atom stereocenters. The van der Waals surface area contributed by atoms with Crippen LogP contribution in [0.2, 0.25) is 0 Å². The van der Waals surface area contributed by atoms with Crippen LogP contribution in [0.15, 0.2) is 29.3 Å². The molecule has 1 aromatic carbocycles. The van der Waals surface area contributed by atoms with Gasteiger partial charge in [0.05, 0.1) is 6.61 Å². The van der Waals surface area contributed by atoms with Crippen LogP contribution in [0, 0.1) is 5.82 Å². The van der Waals surface area contributed by atoms with Gasteiger partial charge in [-0.05, 0) is 6.07 Å². The van der Waals surface area contributed by atoms with E-state index >= 15 is 0 Å². The third-order valence-electron chi connectivity index (χ3n) is 4.47. The molecule has 1 fully saturated rings. The van der Waals surface area contributed by atoms with Crippen molar-refractivity contribution in [2.45, 2.75) is 48.7 Å². The van der Waals surface area contributed by atoms with Gasteiger partial charge in [-0.25, -0.2) is 4.39 Å². The van der Waals surface area contributed by atoms with Crippen molar-refractivity contribution in [3.8, 4) is 0 Å². The lowest BCUT2D eigenvalue weighted by atomic mass is 9.94. The maximum Gasteiger partial charge on any atom is 0.417 e. The van der Waals surface area contributed by atoms with Crippen molar-refractivity contribution in [2.24, 2.45) is 4.99 Å². The Hall–Kier alpha value is -1.40. The Morgan fingerprint density at radius 1 is 1.25 bits per heavy atom. The third-order valence-corrected chi connectivity index (χ3v) is 5.77. The first-order chi connectivity index (χ1) is 13.1. The van der Waals surface area contributed by atoms with E-state index in [2.05, 4.69) is 4.99 Å². The largest absolute Gasteiger partial charge is 0.417 e. The Bertz CT molecular complexity index is 733. The van der Waals surface area contributed by atoms with Crippen LogP contribution < -0.4 is 0 Å². The Labute approximate surface area is 163 Å². The molecule has 0 bridgehead atoms. The Morgan fingerprint density at radius 2 is 1.93 bits per heavy atom. The second-order valence-electron chi connectivity index (χ2n) is 6.73. The predicted molar refractivity (Wildman–Crippen MR) is 94.2 cm³/mol. The average molecular weight is 424 g/mol. The highest BCUT2D eigenvalue weighted by Crippen LogP contribution is 2.41. The van der Waals surface area contributed by atoms with Crippen LogP contribution in [0.5, 0.6) is 0 Å². The van der Waals surface area contributed by atoms with Crippen molar-refractivity contribution in [3.05, 3.63) is 35.6 Å². The van der Waals surface area contributed by atoms with E-state index in [-0.39, 0.29) is 5.56 Å². The lowest BCUT2D eigenvalue weighted by molar-refractivity contribution is -0.287. The van der Waals surface area contributed by atoms with Gasteiger partial charge in [-0.3, -0.25) is 4.99 Å². The maximum absolute atomic E-state index is 13.7. The summed E-state index contributed by atoms with van der Waals surface area (Å²) in [6, 6.07) is 4.39. The molecule has 1 unspecified atom stereocenters. The number of hydrogen-bond donors (Lipinski definition) is 2. The quantitative estimate of drug-likeness (QED) is 0.718. The highest BCUT2D eigenvalue weighted by Gasteiger charge is 2.57. The Kier molecular flexibility index (Phi) is 6.20. The van der Waals surface area contributed by atoms with E-state index < -0.39 is 54.5 Å². The van der Waals surface area contributed by atoms with Gasteiger partial charge in [0.1, 0.15) is 35.6 Å². The van der Waals surface area contributed by atoms with E-state index in [0.29, 0.717) is 5.17 Å². The number of ether oxygens (including phenoxy) is 2. The number of nitrogens with zero attached hydrogens (tertiary/aromatic N) is 2. The number of amidine groups is 1. The van der Waals surface area contributed by atoms with Gasteiger partial charge in [-0.1, -0.05) is 30.0 Å². The molecule has 0 saturated carbocycles. The van der Waals surface area contributed by atoms with Crippen LogP contribution >= 0.6 is 11.8 Å². The van der Waals surface area contributed by atoms with Gasteiger partial charge in [-0.15, -0.1) is 0 Å². The number of rotatable bonds is 4. The number of hydrogen-bond acceptors (Lipinski definition) is 7. The molecule has 3 rings (SSSR count). The number of benzene rings is 1. The summed E-state index contributed by atoms with van der Waals surface area (Å²) in [5, 5.41) is 21.1. The van der Waals surface area contributed by atoms with Gasteiger partial charge >= 0.3 is 6.18 Å². The zero-order valence-corrected chi connectivity index (χ0v) is 15.8. The molecule has 0 radical (unpaired) electrons. The first kappa shape index (κ1) is 21.3. The van der Waals surface area contributed by atoms with Gasteiger partial charge in [0, 0.05) is 19.7 Å². The molecule has 2 aliphatic rings. The number of halogens is 4. The lowest BCUT2D eigenvalue weighted by Crippen LogP contribution is -2.61. The summed E-state index contributed by atoms with van der Waals surface area (Å²) in [6.07, 6.45) is -12.8. The van der Waals surface area contributed by atoms with Gasteiger partial charge in [0.25, 0.3) is 0 Å². The van der Waals surface area contributed by atoms with Crippen molar-refractivity contribution in [1.82, 2.24) is 4.90 Å². The molecular weight excluding hydrogens is 404 g/mol. The molecule has 0 aromatic heterocycles. The molecule has 2 aliphatic heterocycles. The van der Waals surface area contributed by atoms with Crippen LogP contribution in [0.1, 0.15) is 5.56 Å². The lowest BCUT2D eigenvalue weighted by Gasteiger charge is -2.41. The first-order valence-corrected chi connectivity index (χ1v) is 9.32. The van der Waals surface area contributed by atoms with Crippen LogP contribution in [-0.2, 0) is 16.1 Å². The molecule has 2 N–H and O–H groups in total. The number of aliphatic imine (C=N–C) groups is 1. The molecule has 11 heteroatoms. The molecule has 1 aromatic rings. The monoisotopic (exact) mass is 424 g/mol. The number of thioether (sulfide) groups is 1. The van der Waals surface area contributed by atoms with Crippen LogP contribution in [-0.4, -0.2) is 76.4 Å². The minimum atomic E-state index is -4.90. The van der Waals surface area contributed by atoms with Crippen molar-refractivity contribution in [2.75, 3.05) is 14.1 Å². The molecular formula is C17H20F4N2O4S. The number of aliphatic hydroxyl groups excluding tert-OH is 2. The van der Waals surface area contributed by atoms with E-state index in [1.165, 1.54) is 18.2 Å². The second kappa shape index (κ2) is 8.15. The smallest absolute Gasteiger partial charge is 0.388 e. The van der Waals surface area contributed by atoms with Crippen molar-refractivity contribution >= 4 is 16.9 Å². The second-order valence-corrected chi connectivity index (χ2v) is 7.79. The van der Waals surface area contributed by atoms with E-state index in [1.807, 2.05) is 0 Å². The van der Waals surface area contributed by atoms with Crippen LogP contribution in [0.3, 0.4) is 0 Å². The van der Waals surface area contributed by atoms with E-state index in [9.17, 15) is 27.8 Å². The summed E-state index contributed by atoms with van der Waals surface area (Å²) in [6.45, 7) is -0.666. The molecule has 0 spiro atoms. The summed E-state index contributed by atoms with van der Waals surface area (Å²) in [5.41, 5.74) is -0.961. The van der Waals surface area contributed by atoms with Gasteiger partial charge in [0.2, 0.25) is 0 Å². The van der Waals surface area contributed by atoms with Gasteiger partial charge < -0.3 is 24.6 Å². The molecule has 2 heterocycles. The standard InChI is InChI=1S/C17H20F4N2O4S/c1-23(2)16-22-10-11(24)12(25)13(27-15(10)28-16)14(17(19,20)21)26-7-8-5-3-4-6-9(8)18/h3-6,10-15,24-25H,7H2,1-2H3/t10-,11-,12+,13?,14-,15-/m1/s1. The van der Waals surface area contributed by atoms with Crippen molar-refractivity contribution in [1.29, 1.82) is 0 Å². The highest BCUT2D eigenvalue weighted by molar-refractivity contribution is 8.14. The molecule has 0 aliphatic carbocycles. The summed E-state index contributed by atoms with van der Waals surface area (Å²) in [7, 11) is 3.39. The van der Waals surface area contributed by atoms with Crippen LogP contribution in [0.4, 0.5) is 17.6 Å². The third kappa shape index (κ3) is 4.28. The minimum absolute atomic E-state index is 0.0612. The molecule has 0 amide bonds. The fourth-order valence-electron chi connectivity index (χ4n) is 3.01. The minimum Gasteiger partial charge on any atom is -0.388 e. The van der Waals surface area contributed by atoms with E-state index in [0.717, 1.165) is 17.8 Å². The number of fused-ring (bicyclic) bond motifs is 1. The van der Waals surface area contributed by atoms with Crippen molar-refractivity contribution < 1.29 is 37.2 Å². The fourth-order valence-corrected chi connectivity index (χ4v) is 4.16. The topological polar surface area (TPSA) is 74.5 Å². The number of aliphatic hydroxyl groups is 2. The molecule has 28 heavy (non-hydrogen) atoms. The van der Waals surface area contributed by atoms with Gasteiger partial charge in [-0.2, -0.15) is 13.2 Å². The first-order valence-electron chi connectivity index (χ1n) is 8.44. The normalized spacial score (nSPS) is 31.3. The molecule has 156 valence electrons. The summed E-state index contributed by atoms with van der Waals surface area (Å²) >= 11 is 1.06. The van der Waals surface area contributed by atoms with Crippen LogP contribution in [0.25, 0.3) is 0 Å². The SMILES string of the molecule is CN(C)C1=N[C@@H]2[C@@H](O)[C@H](O)C([C@@H](OCc3ccccc3F)C(F)(F)F)O[C@@H]2S1. The molecule has 1 saturated heterocycles. The highest BCUT2D eigenvalue weighted by atomic mass is 32.2. The summed E-state index contributed by atoms with van der Waals surface area (Å²) < 4.78 is 65.0. The fraction of sp³-hybridized carbons (Fsp3) is 0.588. The zero-order chi connectivity index (χ0) is 20.6. The number of alkyl halides is 3. The summed E-state index contributed by atoms with van der Waals surface area (Å²) in [5.74, 6) is -0.705. The molecule has 6 nitrogen and oxygen atoms in total. The predicted octanol–water partition coefficient (Wildman–Crippen LogP) is 1.75. The zero-order valence-electron chi connectivity index (χ0n) is 15.0.